The van der Waals surface area contributed by atoms with E-state index in [4.69, 9.17) is 19.7 Å². The minimum atomic E-state index is -1.83. The molecule has 0 radical (unpaired) electrons. The first kappa shape index (κ1) is 22.0. The van der Waals surface area contributed by atoms with Crippen molar-refractivity contribution in [3.63, 3.8) is 0 Å². The second-order valence-corrected chi connectivity index (χ2v) is 7.58. The van der Waals surface area contributed by atoms with Crippen molar-refractivity contribution >= 4 is 12.1 Å². The third-order valence-electron chi connectivity index (χ3n) is 5.31. The van der Waals surface area contributed by atoms with Gasteiger partial charge in [-0.1, -0.05) is 19.3 Å². The molecule has 7 nitrogen and oxygen atoms in total. The van der Waals surface area contributed by atoms with E-state index in [9.17, 15) is 4.79 Å². The maximum Gasteiger partial charge on any atom is 0.503 e. The van der Waals surface area contributed by atoms with Crippen molar-refractivity contribution in [2.45, 2.75) is 57.9 Å². The lowest BCUT2D eigenvalue weighted by atomic mass is 9.95. The van der Waals surface area contributed by atoms with Crippen LogP contribution in [-0.4, -0.2) is 48.0 Å². The molecular weight excluding hydrogens is 360 g/mol. The first-order chi connectivity index (χ1) is 13.5. The maximum atomic E-state index is 12.4. The molecule has 156 valence electrons. The highest BCUT2D eigenvalue weighted by Crippen LogP contribution is 2.22. The SMILES string of the molecule is Cc1cc(C(=O)NC2CCCCC2)ccc1OCC1CCNCC1.O=C(O)O. The molecule has 1 aliphatic carbocycles. The monoisotopic (exact) mass is 392 g/mol. The Morgan fingerprint density at radius 2 is 1.75 bits per heavy atom. The summed E-state index contributed by atoms with van der Waals surface area (Å²) in [6.45, 7) is 4.98. The van der Waals surface area contributed by atoms with Crippen LogP contribution >= 0.6 is 0 Å². The smallest absolute Gasteiger partial charge is 0.493 e. The van der Waals surface area contributed by atoms with Gasteiger partial charge in [-0.3, -0.25) is 4.79 Å². The van der Waals surface area contributed by atoms with Crippen molar-refractivity contribution in [1.82, 2.24) is 10.6 Å². The number of hydrogen-bond donors (Lipinski definition) is 4. The lowest BCUT2D eigenvalue weighted by Gasteiger charge is -2.24. The molecule has 1 saturated heterocycles. The summed E-state index contributed by atoms with van der Waals surface area (Å²) in [5, 5.41) is 20.5. The predicted molar refractivity (Wildman–Crippen MR) is 107 cm³/mol. The summed E-state index contributed by atoms with van der Waals surface area (Å²) < 4.78 is 6.00. The van der Waals surface area contributed by atoms with Gasteiger partial charge < -0.3 is 25.6 Å². The maximum absolute atomic E-state index is 12.4. The molecule has 1 aromatic rings. The van der Waals surface area contributed by atoms with Crippen LogP contribution in [0, 0.1) is 12.8 Å². The van der Waals surface area contributed by atoms with E-state index in [0.29, 0.717) is 12.0 Å². The Kier molecular flexibility index (Phi) is 9.07. The number of carbonyl (C=O) groups is 2. The number of carboxylic acid groups (broad SMARTS) is 2. The summed E-state index contributed by atoms with van der Waals surface area (Å²) in [5.74, 6) is 1.59. The number of nitrogens with one attached hydrogen (secondary N) is 2. The summed E-state index contributed by atoms with van der Waals surface area (Å²) in [6.07, 6.45) is 6.52. The average molecular weight is 392 g/mol. The van der Waals surface area contributed by atoms with E-state index in [1.54, 1.807) is 0 Å². The van der Waals surface area contributed by atoms with Crippen LogP contribution in [0.5, 0.6) is 5.75 Å². The summed E-state index contributed by atoms with van der Waals surface area (Å²) in [7, 11) is 0. The van der Waals surface area contributed by atoms with E-state index >= 15 is 0 Å². The number of hydrogen-bond acceptors (Lipinski definition) is 4. The van der Waals surface area contributed by atoms with Gasteiger partial charge in [-0.15, -0.1) is 0 Å². The largest absolute Gasteiger partial charge is 0.503 e. The molecule has 1 aliphatic heterocycles. The van der Waals surface area contributed by atoms with Gasteiger partial charge in [0, 0.05) is 11.6 Å². The topological polar surface area (TPSA) is 108 Å². The van der Waals surface area contributed by atoms with Gasteiger partial charge >= 0.3 is 6.16 Å². The number of amides is 1. The van der Waals surface area contributed by atoms with Crippen molar-refractivity contribution in [3.8, 4) is 5.75 Å². The quantitative estimate of drug-likeness (QED) is 0.609. The van der Waals surface area contributed by atoms with Crippen LogP contribution in [0.15, 0.2) is 18.2 Å². The molecule has 1 saturated carbocycles. The van der Waals surface area contributed by atoms with Gasteiger partial charge in [0.1, 0.15) is 5.75 Å². The molecule has 2 fully saturated rings. The molecule has 0 spiro atoms. The van der Waals surface area contributed by atoms with Gasteiger partial charge in [-0.25, -0.2) is 4.79 Å². The van der Waals surface area contributed by atoms with Crippen molar-refractivity contribution in [2.75, 3.05) is 19.7 Å². The fourth-order valence-corrected chi connectivity index (χ4v) is 3.72. The Labute approximate surface area is 166 Å². The molecule has 1 aromatic carbocycles. The van der Waals surface area contributed by atoms with Gasteiger partial charge in [0.2, 0.25) is 0 Å². The van der Waals surface area contributed by atoms with E-state index in [1.165, 1.54) is 32.1 Å². The van der Waals surface area contributed by atoms with Gasteiger partial charge in [0.05, 0.1) is 6.61 Å². The fraction of sp³-hybridized carbons (Fsp3) is 0.619. The van der Waals surface area contributed by atoms with Gasteiger partial charge in [0.25, 0.3) is 5.91 Å². The van der Waals surface area contributed by atoms with E-state index < -0.39 is 6.16 Å². The lowest BCUT2D eigenvalue weighted by molar-refractivity contribution is 0.0927. The first-order valence-corrected chi connectivity index (χ1v) is 10.1. The number of ether oxygens (including phenoxy) is 1. The summed E-state index contributed by atoms with van der Waals surface area (Å²) in [6, 6.07) is 6.15. The second-order valence-electron chi connectivity index (χ2n) is 7.58. The highest BCUT2D eigenvalue weighted by atomic mass is 16.6. The van der Waals surface area contributed by atoms with Crippen LogP contribution in [-0.2, 0) is 0 Å². The Bertz CT molecular complexity index is 634. The predicted octanol–water partition coefficient (Wildman–Crippen LogP) is 3.66. The zero-order valence-corrected chi connectivity index (χ0v) is 16.6. The normalized spacial score (nSPS) is 17.9. The molecule has 0 unspecified atom stereocenters. The van der Waals surface area contributed by atoms with E-state index in [2.05, 4.69) is 10.6 Å². The Morgan fingerprint density at radius 1 is 1.11 bits per heavy atom. The lowest BCUT2D eigenvalue weighted by Crippen LogP contribution is -2.36. The fourth-order valence-electron chi connectivity index (χ4n) is 3.72. The van der Waals surface area contributed by atoms with Gasteiger partial charge in [-0.05, 0) is 75.4 Å². The summed E-state index contributed by atoms with van der Waals surface area (Å²) in [5.41, 5.74) is 1.78. The zero-order chi connectivity index (χ0) is 20.4. The van der Waals surface area contributed by atoms with Crippen molar-refractivity contribution < 1.29 is 24.5 Å². The Morgan fingerprint density at radius 3 is 2.36 bits per heavy atom. The summed E-state index contributed by atoms with van der Waals surface area (Å²) >= 11 is 0. The number of benzene rings is 1. The van der Waals surface area contributed by atoms with Gasteiger partial charge in [-0.2, -0.15) is 0 Å². The van der Waals surface area contributed by atoms with Crippen LogP contribution in [0.25, 0.3) is 0 Å². The highest BCUT2D eigenvalue weighted by molar-refractivity contribution is 5.94. The van der Waals surface area contributed by atoms with E-state index in [-0.39, 0.29) is 5.91 Å². The first-order valence-electron chi connectivity index (χ1n) is 10.1. The molecule has 2 aliphatic rings. The molecule has 0 aromatic heterocycles. The second kappa shape index (κ2) is 11.5. The van der Waals surface area contributed by atoms with Crippen molar-refractivity contribution in [2.24, 2.45) is 5.92 Å². The molecule has 7 heteroatoms. The zero-order valence-electron chi connectivity index (χ0n) is 16.6. The van der Waals surface area contributed by atoms with Crippen LogP contribution in [0.3, 0.4) is 0 Å². The Hall–Kier alpha value is -2.28. The summed E-state index contributed by atoms with van der Waals surface area (Å²) in [4.78, 5) is 21.0. The molecule has 3 rings (SSSR count). The van der Waals surface area contributed by atoms with Gasteiger partial charge in [0.15, 0.2) is 0 Å². The van der Waals surface area contributed by atoms with Crippen LogP contribution < -0.4 is 15.4 Å². The molecule has 4 N–H and O–H groups in total. The van der Waals surface area contributed by atoms with E-state index in [1.807, 2.05) is 25.1 Å². The molecule has 0 bridgehead atoms. The number of aryl methyl sites for hydroxylation is 1. The highest BCUT2D eigenvalue weighted by Gasteiger charge is 2.18. The minimum absolute atomic E-state index is 0.0508. The molecule has 1 heterocycles. The molecular formula is C21H32N2O5. The number of carbonyl (C=O) groups excluding carboxylic acids is 1. The third-order valence-corrected chi connectivity index (χ3v) is 5.31. The molecule has 28 heavy (non-hydrogen) atoms. The molecule has 1 amide bonds. The Balaban J connectivity index is 0.000000640. The standard InChI is InChI=1S/C20H30N2O2.CH2O3/c1-15-13-17(20(23)22-18-5-3-2-4-6-18)7-8-19(15)24-14-16-9-11-21-12-10-16;2-1(3)4/h7-8,13,16,18,21H,2-6,9-12,14H2,1H3,(H,22,23);(H2,2,3,4). The van der Waals surface area contributed by atoms with Crippen LogP contribution in [0.2, 0.25) is 0 Å². The minimum Gasteiger partial charge on any atom is -0.493 e. The third kappa shape index (κ3) is 7.76. The number of piperidine rings is 1. The van der Waals surface area contributed by atoms with E-state index in [0.717, 1.165) is 49.4 Å². The average Bonchev–Trinajstić information content (AvgIpc) is 2.68. The van der Waals surface area contributed by atoms with Crippen LogP contribution in [0.1, 0.15) is 60.9 Å². The van der Waals surface area contributed by atoms with Crippen molar-refractivity contribution in [1.29, 1.82) is 0 Å². The number of rotatable bonds is 5. The molecule has 0 atom stereocenters. The van der Waals surface area contributed by atoms with Crippen molar-refractivity contribution in [3.05, 3.63) is 29.3 Å². The van der Waals surface area contributed by atoms with Crippen LogP contribution in [0.4, 0.5) is 4.79 Å².